The van der Waals surface area contributed by atoms with Gasteiger partial charge in [0.15, 0.2) is 0 Å². The Kier molecular flexibility index (Phi) is 6.25. The van der Waals surface area contributed by atoms with Crippen molar-refractivity contribution in [3.8, 4) is 0 Å². The lowest BCUT2D eigenvalue weighted by molar-refractivity contribution is -0.121. The van der Waals surface area contributed by atoms with Gasteiger partial charge in [0.1, 0.15) is 0 Å². The summed E-state index contributed by atoms with van der Waals surface area (Å²) in [6.45, 7) is 4.02. The molecule has 0 heterocycles. The Morgan fingerprint density at radius 1 is 1.64 bits per heavy atom. The number of imide groups is 1. The maximum absolute atomic E-state index is 11.1. The number of nitrogens with one attached hydrogen (secondary N) is 1. The number of rotatable bonds is 5. The van der Waals surface area contributed by atoms with Crippen LogP contribution in [0.3, 0.4) is 0 Å². The quantitative estimate of drug-likeness (QED) is 0.329. The lowest BCUT2D eigenvalue weighted by atomic mass is 10.5. The summed E-state index contributed by atoms with van der Waals surface area (Å²) in [6.07, 6.45) is -0.939. The number of amides is 2. The zero-order valence-corrected chi connectivity index (χ0v) is 8.02. The van der Waals surface area contributed by atoms with Crippen LogP contribution in [0.2, 0.25) is 0 Å². The number of carbonyl (C=O) groups excluding carboxylic acids is 2. The minimum atomic E-state index is -0.939. The van der Waals surface area contributed by atoms with Crippen LogP contribution in [0.4, 0.5) is 4.79 Å². The van der Waals surface area contributed by atoms with E-state index in [2.05, 4.69) is 16.7 Å². The highest BCUT2D eigenvalue weighted by atomic mass is 16.7. The molecule has 7 heteroatoms. The molecule has 0 radical (unpaired) electrons. The Morgan fingerprint density at radius 2 is 2.29 bits per heavy atom. The second-order valence-corrected chi connectivity index (χ2v) is 2.58. The topological polar surface area (TPSA) is 97.0 Å². The minimum Gasteiger partial charge on any atom is -0.329 e. The van der Waals surface area contributed by atoms with E-state index in [0.717, 1.165) is 0 Å². The molecule has 0 bridgehead atoms. The molecule has 3 N–H and O–H groups in total. The summed E-state index contributed by atoms with van der Waals surface area (Å²) < 4.78 is 0. The highest BCUT2D eigenvalue weighted by Crippen LogP contribution is 1.82. The number of likely N-dealkylation sites (N-methyl/N-ethyl adjacent to an activating group) is 1. The maximum atomic E-state index is 11.1. The van der Waals surface area contributed by atoms with Crippen LogP contribution in [0.25, 0.3) is 0 Å². The van der Waals surface area contributed by atoms with E-state index in [1.165, 1.54) is 0 Å². The summed E-state index contributed by atoms with van der Waals surface area (Å²) in [4.78, 5) is 27.4. The van der Waals surface area contributed by atoms with E-state index in [1.54, 1.807) is 11.9 Å². The molecule has 0 spiro atoms. The van der Waals surface area contributed by atoms with Crippen molar-refractivity contribution < 1.29 is 14.4 Å². The first kappa shape index (κ1) is 12.5. The fourth-order valence-corrected chi connectivity index (χ4v) is 0.779. The summed E-state index contributed by atoms with van der Waals surface area (Å²) >= 11 is 0. The highest BCUT2D eigenvalue weighted by Gasteiger charge is 2.10. The number of hydrogen-bond acceptors (Lipinski definition) is 6. The van der Waals surface area contributed by atoms with Crippen molar-refractivity contribution in [2.24, 2.45) is 10.9 Å². The van der Waals surface area contributed by atoms with E-state index in [9.17, 15) is 9.59 Å². The molecule has 0 saturated heterocycles. The van der Waals surface area contributed by atoms with Crippen LogP contribution < -0.4 is 11.1 Å². The number of carbonyl (C=O) groups is 2. The van der Waals surface area contributed by atoms with Gasteiger partial charge >= 0.3 is 6.09 Å². The largest absolute Gasteiger partial charge is 0.440 e. The number of hydrogen-bond donors (Lipinski definition) is 2. The van der Waals surface area contributed by atoms with E-state index < -0.39 is 12.0 Å². The van der Waals surface area contributed by atoms with Crippen molar-refractivity contribution >= 4 is 18.7 Å². The Morgan fingerprint density at radius 3 is 2.79 bits per heavy atom. The predicted octanol–water partition coefficient (Wildman–Crippen LogP) is -1.25. The van der Waals surface area contributed by atoms with Gasteiger partial charge in [-0.3, -0.25) is 19.8 Å². The second-order valence-electron chi connectivity index (χ2n) is 2.58. The third kappa shape index (κ3) is 6.09. The second kappa shape index (κ2) is 6.98. The van der Waals surface area contributed by atoms with Gasteiger partial charge in [-0.25, -0.2) is 4.79 Å². The number of nitrogens with two attached hydrogens (primary N) is 1. The summed E-state index contributed by atoms with van der Waals surface area (Å²) in [5.41, 5.74) is 5.27. The zero-order chi connectivity index (χ0) is 11.0. The Hall–Kier alpha value is -1.47. The molecule has 0 rings (SSSR count). The monoisotopic (exact) mass is 202 g/mol. The van der Waals surface area contributed by atoms with Crippen molar-refractivity contribution in [2.75, 3.05) is 26.7 Å². The first-order valence-electron chi connectivity index (χ1n) is 3.95. The summed E-state index contributed by atoms with van der Waals surface area (Å²) in [5.74, 6) is -0.477. The smallest absolute Gasteiger partial charge is 0.329 e. The molecule has 0 aromatic rings. The van der Waals surface area contributed by atoms with Crippen LogP contribution in [0.1, 0.15) is 0 Å². The van der Waals surface area contributed by atoms with Crippen molar-refractivity contribution in [1.29, 1.82) is 0 Å². The third-order valence-corrected chi connectivity index (χ3v) is 1.31. The average molecular weight is 202 g/mol. The molecule has 80 valence electrons. The van der Waals surface area contributed by atoms with E-state index in [1.807, 2.05) is 5.32 Å². The SMILES string of the molecule is C=NOC(=O)NC(=O)CN(C)CCN. The van der Waals surface area contributed by atoms with E-state index in [0.29, 0.717) is 13.1 Å². The molecule has 0 aromatic heterocycles. The van der Waals surface area contributed by atoms with Crippen LogP contribution in [0.5, 0.6) is 0 Å². The summed E-state index contributed by atoms with van der Waals surface area (Å²) in [7, 11) is 1.71. The average Bonchev–Trinajstić information content (AvgIpc) is 2.03. The molecule has 0 aliphatic rings. The first-order valence-corrected chi connectivity index (χ1v) is 3.95. The summed E-state index contributed by atoms with van der Waals surface area (Å²) in [6, 6.07) is 0. The first-order chi connectivity index (χ1) is 6.60. The van der Waals surface area contributed by atoms with Gasteiger partial charge in [-0.15, -0.1) is 0 Å². The van der Waals surface area contributed by atoms with E-state index >= 15 is 0 Å². The van der Waals surface area contributed by atoms with Crippen LogP contribution >= 0.6 is 0 Å². The van der Waals surface area contributed by atoms with Gasteiger partial charge in [0.05, 0.1) is 6.54 Å². The molecule has 2 amide bonds. The van der Waals surface area contributed by atoms with Gasteiger partial charge in [-0.2, -0.15) is 0 Å². The van der Waals surface area contributed by atoms with Gasteiger partial charge in [0.25, 0.3) is 0 Å². The minimum absolute atomic E-state index is 0.0729. The van der Waals surface area contributed by atoms with Crippen molar-refractivity contribution in [3.63, 3.8) is 0 Å². The third-order valence-electron chi connectivity index (χ3n) is 1.31. The fourth-order valence-electron chi connectivity index (χ4n) is 0.779. The van der Waals surface area contributed by atoms with Crippen LogP contribution in [0, 0.1) is 0 Å². The molecule has 0 aliphatic carbocycles. The molecule has 0 atom stereocenters. The molecule has 0 unspecified atom stereocenters. The molecular weight excluding hydrogens is 188 g/mol. The Bertz CT molecular complexity index is 219. The lowest BCUT2D eigenvalue weighted by Crippen LogP contribution is -2.39. The maximum Gasteiger partial charge on any atom is 0.440 e. The molecule has 7 nitrogen and oxygen atoms in total. The van der Waals surface area contributed by atoms with Gasteiger partial charge in [-0.1, -0.05) is 5.16 Å². The van der Waals surface area contributed by atoms with E-state index in [4.69, 9.17) is 5.73 Å². The molecule has 0 aliphatic heterocycles. The zero-order valence-electron chi connectivity index (χ0n) is 8.02. The number of nitrogens with zero attached hydrogens (tertiary/aromatic N) is 2. The highest BCUT2D eigenvalue weighted by molar-refractivity contribution is 5.92. The summed E-state index contributed by atoms with van der Waals surface area (Å²) in [5, 5.41) is 4.81. The van der Waals surface area contributed by atoms with E-state index in [-0.39, 0.29) is 6.54 Å². The predicted molar refractivity (Wildman–Crippen MR) is 50.7 cm³/mol. The molecule has 14 heavy (non-hydrogen) atoms. The van der Waals surface area contributed by atoms with Crippen molar-refractivity contribution in [2.45, 2.75) is 0 Å². The van der Waals surface area contributed by atoms with Crippen molar-refractivity contribution in [1.82, 2.24) is 10.2 Å². The molecule has 0 aromatic carbocycles. The fraction of sp³-hybridized carbons (Fsp3) is 0.571. The standard InChI is InChI=1S/C7H14N4O3/c1-9-14-7(13)10-6(12)5-11(2)4-3-8/h1,3-5,8H2,2H3,(H,10,12,13). The van der Waals surface area contributed by atoms with Gasteiger partial charge < -0.3 is 5.73 Å². The van der Waals surface area contributed by atoms with Crippen molar-refractivity contribution in [3.05, 3.63) is 0 Å². The molecule has 0 fully saturated rings. The molecular formula is C7H14N4O3. The van der Waals surface area contributed by atoms with Crippen LogP contribution in [-0.4, -0.2) is 50.3 Å². The lowest BCUT2D eigenvalue weighted by Gasteiger charge is -2.13. The van der Waals surface area contributed by atoms with Gasteiger partial charge in [0.2, 0.25) is 5.91 Å². The van der Waals surface area contributed by atoms with Gasteiger partial charge in [0, 0.05) is 19.8 Å². The number of oxime groups is 1. The Labute approximate surface area is 81.9 Å². The molecule has 0 saturated carbocycles. The Balaban J connectivity index is 3.74. The van der Waals surface area contributed by atoms with Crippen LogP contribution in [-0.2, 0) is 9.63 Å². The normalized spacial score (nSPS) is 9.64. The van der Waals surface area contributed by atoms with Crippen LogP contribution in [0.15, 0.2) is 5.16 Å². The van der Waals surface area contributed by atoms with Gasteiger partial charge in [-0.05, 0) is 7.05 Å².